The fourth-order valence-electron chi connectivity index (χ4n) is 1.41. The molecule has 0 atom stereocenters. The average Bonchev–Trinajstić information content (AvgIpc) is 2.88. The largest absolute Gasteiger partial charge is 0.463 e. The van der Waals surface area contributed by atoms with Gasteiger partial charge in [0.15, 0.2) is 0 Å². The third-order valence-electron chi connectivity index (χ3n) is 2.25. The topological polar surface area (TPSA) is 92.8 Å². The summed E-state index contributed by atoms with van der Waals surface area (Å²) in [5.74, 6) is 0.0707. The van der Waals surface area contributed by atoms with Gasteiger partial charge in [0.1, 0.15) is 5.82 Å². The molecule has 0 unspecified atom stereocenters. The number of carbonyl (C=O) groups is 1. The molecule has 0 amide bonds. The summed E-state index contributed by atoms with van der Waals surface area (Å²) in [4.78, 5) is 19.4. The molecule has 2 heterocycles. The first-order valence-corrected chi connectivity index (χ1v) is 5.34. The highest BCUT2D eigenvalue weighted by atomic mass is 16.5. The maximum absolute atomic E-state index is 11.4. The van der Waals surface area contributed by atoms with Crippen molar-refractivity contribution in [3.8, 4) is 0 Å². The second-order valence-electron chi connectivity index (χ2n) is 3.67. The Balaban J connectivity index is 2.12. The number of methoxy groups -OCH3 is 1. The van der Waals surface area contributed by atoms with Crippen LogP contribution in [0.5, 0.6) is 0 Å². The molecule has 2 aromatic rings. The van der Waals surface area contributed by atoms with E-state index in [0.717, 1.165) is 5.56 Å². The van der Waals surface area contributed by atoms with E-state index in [-0.39, 0.29) is 5.82 Å². The predicted octanol–water partition coefficient (Wildman–Crippen LogP) is 0.907. The summed E-state index contributed by atoms with van der Waals surface area (Å²) in [6.07, 6.45) is 3.49. The van der Waals surface area contributed by atoms with Crippen molar-refractivity contribution >= 4 is 11.8 Å². The number of nitrogens with one attached hydrogen (secondary N) is 2. The van der Waals surface area contributed by atoms with Crippen LogP contribution in [-0.2, 0) is 11.3 Å². The molecule has 0 spiro atoms. The van der Waals surface area contributed by atoms with Crippen molar-refractivity contribution in [2.24, 2.45) is 0 Å². The van der Waals surface area contributed by atoms with Gasteiger partial charge in [-0.05, 0) is 6.92 Å². The van der Waals surface area contributed by atoms with Gasteiger partial charge in [-0.1, -0.05) is 0 Å². The lowest BCUT2D eigenvalue weighted by Gasteiger charge is -2.06. The first-order valence-electron chi connectivity index (χ1n) is 5.34. The number of H-pyrrole nitrogens is 1. The average molecular weight is 247 g/mol. The molecular weight excluding hydrogens is 234 g/mol. The number of nitrogens with zero attached hydrogens (tertiary/aromatic N) is 3. The maximum atomic E-state index is 11.4. The Bertz CT molecular complexity index is 538. The van der Waals surface area contributed by atoms with Gasteiger partial charge in [0.2, 0.25) is 5.82 Å². The highest BCUT2D eigenvalue weighted by molar-refractivity contribution is 5.85. The Kier molecular flexibility index (Phi) is 3.52. The van der Waals surface area contributed by atoms with Crippen LogP contribution >= 0.6 is 0 Å². The van der Waals surface area contributed by atoms with Crippen LogP contribution in [0.3, 0.4) is 0 Å². The van der Waals surface area contributed by atoms with E-state index in [1.54, 1.807) is 25.4 Å². The van der Waals surface area contributed by atoms with E-state index in [9.17, 15) is 4.79 Å². The minimum Gasteiger partial charge on any atom is -0.463 e. The van der Waals surface area contributed by atoms with Crippen LogP contribution < -0.4 is 5.32 Å². The zero-order chi connectivity index (χ0) is 13.0. The number of esters is 1. The Morgan fingerprint density at radius 3 is 3.00 bits per heavy atom. The minimum atomic E-state index is -0.551. The monoisotopic (exact) mass is 247 g/mol. The van der Waals surface area contributed by atoms with Crippen molar-refractivity contribution < 1.29 is 9.53 Å². The molecule has 2 aromatic heterocycles. The summed E-state index contributed by atoms with van der Waals surface area (Å²) < 4.78 is 4.59. The van der Waals surface area contributed by atoms with Gasteiger partial charge in [-0.2, -0.15) is 5.10 Å². The predicted molar refractivity (Wildman–Crippen MR) is 64.0 cm³/mol. The van der Waals surface area contributed by atoms with Crippen LogP contribution in [0, 0.1) is 6.92 Å². The number of anilines is 1. The molecule has 18 heavy (non-hydrogen) atoms. The van der Waals surface area contributed by atoms with Crippen molar-refractivity contribution in [1.29, 1.82) is 0 Å². The second-order valence-corrected chi connectivity index (χ2v) is 3.67. The quantitative estimate of drug-likeness (QED) is 0.780. The number of aryl methyl sites for hydroxylation is 1. The van der Waals surface area contributed by atoms with E-state index >= 15 is 0 Å². The Hall–Kier alpha value is -2.44. The minimum absolute atomic E-state index is 0.0483. The fourth-order valence-corrected chi connectivity index (χ4v) is 1.41. The van der Waals surface area contributed by atoms with Gasteiger partial charge in [-0.25, -0.2) is 14.8 Å². The first kappa shape index (κ1) is 12.0. The molecular formula is C11H13N5O2. The number of aromatic amines is 1. The molecule has 7 heteroatoms. The summed E-state index contributed by atoms with van der Waals surface area (Å²) in [7, 11) is 1.30. The summed E-state index contributed by atoms with van der Waals surface area (Å²) in [6.45, 7) is 2.35. The molecule has 0 bridgehead atoms. The SMILES string of the molecule is COC(=O)c1nc(C)cc(NCc2cn[nH]c2)n1. The molecule has 0 radical (unpaired) electrons. The Morgan fingerprint density at radius 2 is 2.33 bits per heavy atom. The Morgan fingerprint density at radius 1 is 1.50 bits per heavy atom. The summed E-state index contributed by atoms with van der Waals surface area (Å²) >= 11 is 0. The number of aromatic nitrogens is 4. The Labute approximate surface area is 104 Å². The zero-order valence-corrected chi connectivity index (χ0v) is 10.1. The molecule has 7 nitrogen and oxygen atoms in total. The molecule has 0 aliphatic heterocycles. The number of ether oxygens (including phenoxy) is 1. The van der Waals surface area contributed by atoms with Crippen LogP contribution in [0.25, 0.3) is 0 Å². The summed E-state index contributed by atoms with van der Waals surface area (Å²) in [5.41, 5.74) is 1.69. The smallest absolute Gasteiger partial charge is 0.376 e. The molecule has 0 aromatic carbocycles. The summed E-state index contributed by atoms with van der Waals surface area (Å²) in [6, 6.07) is 1.76. The van der Waals surface area contributed by atoms with Gasteiger partial charge in [0.05, 0.1) is 13.3 Å². The number of carbonyl (C=O) groups excluding carboxylic acids is 1. The van der Waals surface area contributed by atoms with Gasteiger partial charge in [-0.3, -0.25) is 5.10 Å². The van der Waals surface area contributed by atoms with Crippen molar-refractivity contribution in [2.45, 2.75) is 13.5 Å². The molecule has 0 aliphatic rings. The second kappa shape index (κ2) is 5.26. The third kappa shape index (κ3) is 2.82. The highest BCUT2D eigenvalue weighted by Crippen LogP contribution is 2.08. The first-order chi connectivity index (χ1) is 8.69. The lowest BCUT2D eigenvalue weighted by molar-refractivity contribution is 0.0586. The highest BCUT2D eigenvalue weighted by Gasteiger charge is 2.11. The molecule has 0 saturated heterocycles. The van der Waals surface area contributed by atoms with Crippen LogP contribution in [0.1, 0.15) is 21.9 Å². The number of rotatable bonds is 4. The van der Waals surface area contributed by atoms with Gasteiger partial charge >= 0.3 is 5.97 Å². The van der Waals surface area contributed by atoms with E-state index in [1.165, 1.54) is 7.11 Å². The van der Waals surface area contributed by atoms with Gasteiger partial charge in [-0.15, -0.1) is 0 Å². The lowest BCUT2D eigenvalue weighted by Crippen LogP contribution is -2.11. The van der Waals surface area contributed by atoms with Crippen molar-refractivity contribution in [3.63, 3.8) is 0 Å². The van der Waals surface area contributed by atoms with Gasteiger partial charge < -0.3 is 10.1 Å². The standard InChI is InChI=1S/C11H13N5O2/c1-7-3-9(12-4-8-5-13-14-6-8)16-10(15-7)11(17)18-2/h3,5-6H,4H2,1-2H3,(H,13,14)(H,12,15,16). The molecule has 94 valence electrons. The molecule has 2 rings (SSSR count). The van der Waals surface area contributed by atoms with E-state index in [2.05, 4.69) is 30.2 Å². The van der Waals surface area contributed by atoms with E-state index < -0.39 is 5.97 Å². The van der Waals surface area contributed by atoms with E-state index in [1.807, 2.05) is 0 Å². The normalized spacial score (nSPS) is 10.1. The van der Waals surface area contributed by atoms with Crippen LogP contribution in [0.2, 0.25) is 0 Å². The van der Waals surface area contributed by atoms with Crippen LogP contribution in [-0.4, -0.2) is 33.2 Å². The van der Waals surface area contributed by atoms with Gasteiger partial charge in [0, 0.05) is 30.1 Å². The molecule has 0 saturated carbocycles. The molecule has 0 fully saturated rings. The van der Waals surface area contributed by atoms with Crippen molar-refractivity contribution in [3.05, 3.63) is 35.5 Å². The van der Waals surface area contributed by atoms with Crippen molar-refractivity contribution in [2.75, 3.05) is 12.4 Å². The van der Waals surface area contributed by atoms with Crippen LogP contribution in [0.15, 0.2) is 18.5 Å². The molecule has 0 aliphatic carbocycles. The third-order valence-corrected chi connectivity index (χ3v) is 2.25. The maximum Gasteiger partial charge on any atom is 0.376 e. The number of hydrogen-bond donors (Lipinski definition) is 2. The fraction of sp³-hybridized carbons (Fsp3) is 0.273. The number of hydrogen-bond acceptors (Lipinski definition) is 6. The van der Waals surface area contributed by atoms with E-state index in [0.29, 0.717) is 18.1 Å². The van der Waals surface area contributed by atoms with E-state index in [4.69, 9.17) is 0 Å². The van der Waals surface area contributed by atoms with Gasteiger partial charge in [0.25, 0.3) is 0 Å². The molecule has 2 N–H and O–H groups in total. The van der Waals surface area contributed by atoms with Crippen molar-refractivity contribution in [1.82, 2.24) is 20.2 Å². The summed E-state index contributed by atoms with van der Waals surface area (Å²) in [5, 5.41) is 9.65. The zero-order valence-electron chi connectivity index (χ0n) is 10.1. The van der Waals surface area contributed by atoms with Crippen LogP contribution in [0.4, 0.5) is 5.82 Å². The lowest BCUT2D eigenvalue weighted by atomic mass is 10.3.